The Kier molecular flexibility index (Phi) is 5.19. The Hall–Kier alpha value is -1.10. The minimum Gasteiger partial charge on any atom is -0.491 e. The highest BCUT2D eigenvalue weighted by atomic mass is 35.5. The number of rotatable bonds is 6. The molecule has 2 rings (SSSR count). The maximum absolute atomic E-state index is 6.19. The van der Waals surface area contributed by atoms with Crippen LogP contribution in [0, 0.1) is 6.92 Å². The van der Waals surface area contributed by atoms with Crippen LogP contribution in [0.1, 0.15) is 16.1 Å². The van der Waals surface area contributed by atoms with Crippen LogP contribution in [0.25, 0.3) is 0 Å². The van der Waals surface area contributed by atoms with Crippen molar-refractivity contribution < 1.29 is 4.74 Å². The smallest absolute Gasteiger partial charge is 0.142 e. The van der Waals surface area contributed by atoms with Crippen molar-refractivity contribution >= 4 is 22.9 Å². The molecule has 0 saturated heterocycles. The summed E-state index contributed by atoms with van der Waals surface area (Å²) in [5, 5.41) is 3.78. The molecule has 0 bridgehead atoms. The number of nitrogens with zero attached hydrogens (tertiary/aromatic N) is 1. The molecule has 3 nitrogen and oxygen atoms in total. The lowest BCUT2D eigenvalue weighted by molar-refractivity contribution is 0.319. The Morgan fingerprint density at radius 1 is 1.42 bits per heavy atom. The van der Waals surface area contributed by atoms with Crippen molar-refractivity contribution in [2.45, 2.75) is 19.9 Å². The largest absolute Gasteiger partial charge is 0.491 e. The van der Waals surface area contributed by atoms with Gasteiger partial charge in [-0.05, 0) is 20.0 Å². The third kappa shape index (κ3) is 3.69. The van der Waals surface area contributed by atoms with E-state index in [-0.39, 0.29) is 0 Å². The molecule has 0 atom stereocenters. The van der Waals surface area contributed by atoms with Gasteiger partial charge in [-0.1, -0.05) is 23.7 Å². The van der Waals surface area contributed by atoms with E-state index in [1.165, 1.54) is 4.88 Å². The first-order valence-corrected chi connectivity index (χ1v) is 7.42. The molecule has 1 N–H and O–H groups in total. The van der Waals surface area contributed by atoms with Crippen LogP contribution in [0.3, 0.4) is 0 Å². The van der Waals surface area contributed by atoms with E-state index in [0.717, 1.165) is 30.0 Å². The van der Waals surface area contributed by atoms with Gasteiger partial charge in [0, 0.05) is 23.4 Å². The summed E-state index contributed by atoms with van der Waals surface area (Å²) in [6, 6.07) is 5.82. The van der Waals surface area contributed by atoms with E-state index in [1.807, 2.05) is 37.7 Å². The standard InChI is InChI=1S/C14H17ClN2OS/c1-10-13(19-9-17-10)6-7-18-14-11(8-16-2)4-3-5-12(14)15/h3-5,9,16H,6-8H2,1-2H3. The molecule has 1 aromatic carbocycles. The molecule has 0 fully saturated rings. The summed E-state index contributed by atoms with van der Waals surface area (Å²) in [7, 11) is 1.91. The Morgan fingerprint density at radius 2 is 2.26 bits per heavy atom. The summed E-state index contributed by atoms with van der Waals surface area (Å²) < 4.78 is 5.86. The van der Waals surface area contributed by atoms with Crippen molar-refractivity contribution in [3.05, 3.63) is 44.9 Å². The Bertz CT molecular complexity index is 542. The molecular formula is C14H17ClN2OS. The van der Waals surface area contributed by atoms with Crippen LogP contribution in [-0.4, -0.2) is 18.6 Å². The summed E-state index contributed by atoms with van der Waals surface area (Å²) >= 11 is 7.86. The van der Waals surface area contributed by atoms with Crippen molar-refractivity contribution in [1.82, 2.24) is 10.3 Å². The number of thiazole rings is 1. The molecule has 0 amide bonds. The van der Waals surface area contributed by atoms with E-state index in [9.17, 15) is 0 Å². The SMILES string of the molecule is CNCc1cccc(Cl)c1OCCc1scnc1C. The van der Waals surface area contributed by atoms with Gasteiger partial charge in [0.05, 0.1) is 22.8 Å². The number of hydrogen-bond acceptors (Lipinski definition) is 4. The summed E-state index contributed by atoms with van der Waals surface area (Å²) in [5.41, 5.74) is 4.03. The second kappa shape index (κ2) is 6.89. The Balaban J connectivity index is 2.01. The van der Waals surface area contributed by atoms with E-state index in [2.05, 4.69) is 10.3 Å². The van der Waals surface area contributed by atoms with Gasteiger partial charge in [0.2, 0.25) is 0 Å². The first-order chi connectivity index (χ1) is 9.22. The highest BCUT2D eigenvalue weighted by Gasteiger charge is 2.08. The van der Waals surface area contributed by atoms with Crippen LogP contribution in [0.15, 0.2) is 23.7 Å². The van der Waals surface area contributed by atoms with Gasteiger partial charge in [-0.15, -0.1) is 11.3 Å². The van der Waals surface area contributed by atoms with Crippen molar-refractivity contribution in [3.8, 4) is 5.75 Å². The fraction of sp³-hybridized carbons (Fsp3) is 0.357. The highest BCUT2D eigenvalue weighted by Crippen LogP contribution is 2.29. The molecule has 0 unspecified atom stereocenters. The second-order valence-electron chi connectivity index (χ2n) is 4.22. The monoisotopic (exact) mass is 296 g/mol. The van der Waals surface area contributed by atoms with Gasteiger partial charge < -0.3 is 10.1 Å². The molecule has 1 aromatic heterocycles. The van der Waals surface area contributed by atoms with Gasteiger partial charge in [0.15, 0.2) is 0 Å². The van der Waals surface area contributed by atoms with Gasteiger partial charge in [-0.2, -0.15) is 0 Å². The van der Waals surface area contributed by atoms with Gasteiger partial charge >= 0.3 is 0 Å². The zero-order valence-corrected chi connectivity index (χ0v) is 12.6. The highest BCUT2D eigenvalue weighted by molar-refractivity contribution is 7.09. The third-order valence-corrected chi connectivity index (χ3v) is 4.13. The van der Waals surface area contributed by atoms with Gasteiger partial charge in [0.1, 0.15) is 5.75 Å². The van der Waals surface area contributed by atoms with Gasteiger partial charge in [-0.25, -0.2) is 4.98 Å². The molecule has 2 aromatic rings. The molecule has 5 heteroatoms. The number of ether oxygens (including phenoxy) is 1. The normalized spacial score (nSPS) is 10.7. The summed E-state index contributed by atoms with van der Waals surface area (Å²) in [6.07, 6.45) is 0.862. The average molecular weight is 297 g/mol. The van der Waals surface area contributed by atoms with Crippen LogP contribution < -0.4 is 10.1 Å². The summed E-state index contributed by atoms with van der Waals surface area (Å²) in [5.74, 6) is 0.778. The molecule has 0 aliphatic heterocycles. The van der Waals surface area contributed by atoms with E-state index in [4.69, 9.17) is 16.3 Å². The molecule has 0 saturated carbocycles. The average Bonchev–Trinajstić information content (AvgIpc) is 2.79. The maximum atomic E-state index is 6.19. The van der Waals surface area contributed by atoms with Crippen molar-refractivity contribution in [1.29, 1.82) is 0 Å². The molecule has 1 heterocycles. The lowest BCUT2D eigenvalue weighted by atomic mass is 10.2. The van der Waals surface area contributed by atoms with E-state index < -0.39 is 0 Å². The molecule has 0 radical (unpaired) electrons. The Labute approximate surface area is 122 Å². The lowest BCUT2D eigenvalue weighted by Gasteiger charge is -2.12. The zero-order valence-electron chi connectivity index (χ0n) is 11.1. The molecule has 0 spiro atoms. The minimum absolute atomic E-state index is 0.615. The minimum atomic E-state index is 0.615. The predicted octanol–water partition coefficient (Wildman–Crippen LogP) is 3.45. The fourth-order valence-electron chi connectivity index (χ4n) is 1.86. The second-order valence-corrected chi connectivity index (χ2v) is 5.56. The van der Waals surface area contributed by atoms with E-state index >= 15 is 0 Å². The van der Waals surface area contributed by atoms with E-state index in [1.54, 1.807) is 11.3 Å². The van der Waals surface area contributed by atoms with Crippen molar-refractivity contribution in [2.75, 3.05) is 13.7 Å². The molecule has 0 aliphatic carbocycles. The first-order valence-electron chi connectivity index (χ1n) is 6.16. The number of para-hydroxylation sites is 1. The number of nitrogens with one attached hydrogen (secondary N) is 1. The summed E-state index contributed by atoms with van der Waals surface area (Å²) in [6.45, 7) is 3.38. The van der Waals surface area contributed by atoms with Crippen LogP contribution in [0.5, 0.6) is 5.75 Å². The van der Waals surface area contributed by atoms with Crippen LogP contribution in [0.4, 0.5) is 0 Å². The van der Waals surface area contributed by atoms with Gasteiger partial charge in [0.25, 0.3) is 0 Å². The topological polar surface area (TPSA) is 34.1 Å². The van der Waals surface area contributed by atoms with Crippen LogP contribution in [-0.2, 0) is 13.0 Å². The lowest BCUT2D eigenvalue weighted by Crippen LogP contribution is -2.09. The molecule has 102 valence electrons. The number of aryl methyl sites for hydroxylation is 1. The van der Waals surface area contributed by atoms with Crippen molar-refractivity contribution in [3.63, 3.8) is 0 Å². The number of aromatic nitrogens is 1. The third-order valence-electron chi connectivity index (χ3n) is 2.84. The number of halogens is 1. The summed E-state index contributed by atoms with van der Waals surface area (Å²) in [4.78, 5) is 5.50. The van der Waals surface area contributed by atoms with E-state index in [0.29, 0.717) is 11.6 Å². The quantitative estimate of drug-likeness (QED) is 0.886. The number of benzene rings is 1. The maximum Gasteiger partial charge on any atom is 0.142 e. The van der Waals surface area contributed by atoms with Crippen molar-refractivity contribution in [2.24, 2.45) is 0 Å². The molecule has 19 heavy (non-hydrogen) atoms. The fourth-order valence-corrected chi connectivity index (χ4v) is 2.87. The van der Waals surface area contributed by atoms with Crippen LogP contribution >= 0.6 is 22.9 Å². The zero-order chi connectivity index (χ0) is 13.7. The molecular weight excluding hydrogens is 280 g/mol. The Morgan fingerprint density at radius 3 is 2.95 bits per heavy atom. The number of hydrogen-bond donors (Lipinski definition) is 1. The molecule has 0 aliphatic rings. The predicted molar refractivity (Wildman–Crippen MR) is 80.3 cm³/mol. The van der Waals surface area contributed by atoms with Gasteiger partial charge in [-0.3, -0.25) is 0 Å². The first kappa shape index (κ1) is 14.3. The van der Waals surface area contributed by atoms with Crippen LogP contribution in [0.2, 0.25) is 5.02 Å².